The molecule has 0 spiro atoms. The maximum atomic E-state index is 3.57. The van der Waals surface area contributed by atoms with E-state index in [1.165, 1.54) is 32.4 Å². The molecule has 1 atom stereocenters. The van der Waals surface area contributed by atoms with Crippen LogP contribution in [0.15, 0.2) is 0 Å². The summed E-state index contributed by atoms with van der Waals surface area (Å²) < 4.78 is 0. The molecule has 1 saturated carbocycles. The van der Waals surface area contributed by atoms with Gasteiger partial charge in [-0.25, -0.2) is 0 Å². The van der Waals surface area contributed by atoms with Gasteiger partial charge >= 0.3 is 0 Å². The molecule has 10 heavy (non-hydrogen) atoms. The highest BCUT2D eigenvalue weighted by Crippen LogP contribution is 2.34. The van der Waals surface area contributed by atoms with Crippen molar-refractivity contribution in [3.05, 3.63) is 0 Å². The lowest BCUT2D eigenvalue weighted by Gasteiger charge is -2.29. The lowest BCUT2D eigenvalue weighted by atomic mass is 10.1. The summed E-state index contributed by atoms with van der Waals surface area (Å²) in [6, 6.07) is 0.775. The standard InChI is InChI=1S/C8H16N2/c1-8(3-4-8)10-6-7-2-5-9-7/h7,9-10H,2-6H2,1H3. The molecule has 1 heterocycles. The molecule has 2 rings (SSSR count). The Hall–Kier alpha value is -0.0800. The molecule has 1 unspecified atom stereocenters. The van der Waals surface area contributed by atoms with Crippen molar-refractivity contribution in [1.29, 1.82) is 0 Å². The van der Waals surface area contributed by atoms with Crippen molar-refractivity contribution in [1.82, 2.24) is 10.6 Å². The van der Waals surface area contributed by atoms with E-state index in [0.29, 0.717) is 5.54 Å². The highest BCUT2D eigenvalue weighted by molar-refractivity contribution is 4.98. The Kier molecular flexibility index (Phi) is 1.46. The smallest absolute Gasteiger partial charge is 0.0204 e. The van der Waals surface area contributed by atoms with Crippen LogP contribution in [0, 0.1) is 0 Å². The highest BCUT2D eigenvalue weighted by Gasteiger charge is 2.37. The van der Waals surface area contributed by atoms with Gasteiger partial charge in [-0.2, -0.15) is 0 Å². The maximum absolute atomic E-state index is 3.57. The summed E-state index contributed by atoms with van der Waals surface area (Å²) in [5.74, 6) is 0. The second-order valence-electron chi connectivity index (χ2n) is 3.88. The Bertz CT molecular complexity index is 125. The summed E-state index contributed by atoms with van der Waals surface area (Å²) in [5.41, 5.74) is 0.525. The number of nitrogens with one attached hydrogen (secondary N) is 2. The molecular formula is C8H16N2. The third-order valence-electron chi connectivity index (χ3n) is 2.70. The monoisotopic (exact) mass is 140 g/mol. The molecule has 0 aromatic rings. The van der Waals surface area contributed by atoms with E-state index in [0.717, 1.165) is 6.04 Å². The molecule has 2 nitrogen and oxygen atoms in total. The number of rotatable bonds is 3. The molecule has 1 aliphatic carbocycles. The Morgan fingerprint density at radius 1 is 1.60 bits per heavy atom. The molecule has 2 aliphatic rings. The first kappa shape index (κ1) is 6.62. The van der Waals surface area contributed by atoms with Gasteiger partial charge in [-0.1, -0.05) is 0 Å². The second-order valence-corrected chi connectivity index (χ2v) is 3.88. The summed E-state index contributed by atoms with van der Waals surface area (Å²) in [7, 11) is 0. The molecule has 2 heteroatoms. The predicted molar refractivity (Wildman–Crippen MR) is 42.0 cm³/mol. The molecule has 0 aromatic carbocycles. The van der Waals surface area contributed by atoms with Crippen molar-refractivity contribution >= 4 is 0 Å². The minimum Gasteiger partial charge on any atom is -0.313 e. The van der Waals surface area contributed by atoms with Gasteiger partial charge in [0.25, 0.3) is 0 Å². The van der Waals surface area contributed by atoms with Crippen molar-refractivity contribution in [2.45, 2.75) is 37.8 Å². The van der Waals surface area contributed by atoms with E-state index in [4.69, 9.17) is 0 Å². The van der Waals surface area contributed by atoms with Gasteiger partial charge in [0.05, 0.1) is 0 Å². The van der Waals surface area contributed by atoms with Crippen LogP contribution in [-0.2, 0) is 0 Å². The second kappa shape index (κ2) is 2.21. The van der Waals surface area contributed by atoms with E-state index < -0.39 is 0 Å². The Balaban J connectivity index is 1.63. The van der Waals surface area contributed by atoms with Crippen LogP contribution in [0.25, 0.3) is 0 Å². The first-order valence-electron chi connectivity index (χ1n) is 4.27. The van der Waals surface area contributed by atoms with Gasteiger partial charge < -0.3 is 10.6 Å². The molecule has 58 valence electrons. The zero-order chi connectivity index (χ0) is 7.03. The maximum Gasteiger partial charge on any atom is 0.0204 e. The average Bonchev–Trinajstić information content (AvgIpc) is 2.44. The van der Waals surface area contributed by atoms with Crippen LogP contribution in [0.2, 0.25) is 0 Å². The zero-order valence-corrected chi connectivity index (χ0v) is 6.61. The van der Waals surface area contributed by atoms with Crippen molar-refractivity contribution in [3.63, 3.8) is 0 Å². The van der Waals surface area contributed by atoms with E-state index >= 15 is 0 Å². The molecule has 0 amide bonds. The fourth-order valence-corrected chi connectivity index (χ4v) is 1.26. The topological polar surface area (TPSA) is 24.1 Å². The van der Waals surface area contributed by atoms with Crippen LogP contribution in [0.5, 0.6) is 0 Å². The van der Waals surface area contributed by atoms with Crippen molar-refractivity contribution in [2.24, 2.45) is 0 Å². The van der Waals surface area contributed by atoms with Crippen molar-refractivity contribution in [3.8, 4) is 0 Å². The summed E-state index contributed by atoms with van der Waals surface area (Å²) in [6.07, 6.45) is 4.11. The minimum absolute atomic E-state index is 0.525. The number of hydrogen-bond acceptors (Lipinski definition) is 2. The first-order chi connectivity index (χ1) is 4.79. The average molecular weight is 140 g/mol. The van der Waals surface area contributed by atoms with Crippen molar-refractivity contribution in [2.75, 3.05) is 13.1 Å². The van der Waals surface area contributed by atoms with Crippen LogP contribution < -0.4 is 10.6 Å². The van der Waals surface area contributed by atoms with Gasteiger partial charge in [0.2, 0.25) is 0 Å². The van der Waals surface area contributed by atoms with Gasteiger partial charge in [-0.3, -0.25) is 0 Å². The Morgan fingerprint density at radius 3 is 2.70 bits per heavy atom. The largest absolute Gasteiger partial charge is 0.313 e. The van der Waals surface area contributed by atoms with Gasteiger partial charge in [0.15, 0.2) is 0 Å². The van der Waals surface area contributed by atoms with Gasteiger partial charge in [0.1, 0.15) is 0 Å². The molecule has 2 fully saturated rings. The minimum atomic E-state index is 0.525. The van der Waals surface area contributed by atoms with E-state index in [-0.39, 0.29) is 0 Å². The van der Waals surface area contributed by atoms with Crippen LogP contribution >= 0.6 is 0 Å². The summed E-state index contributed by atoms with van der Waals surface area (Å²) in [4.78, 5) is 0. The third kappa shape index (κ3) is 1.32. The molecule has 0 radical (unpaired) electrons. The zero-order valence-electron chi connectivity index (χ0n) is 6.61. The van der Waals surface area contributed by atoms with E-state index in [9.17, 15) is 0 Å². The van der Waals surface area contributed by atoms with Crippen LogP contribution in [0.4, 0.5) is 0 Å². The Labute approximate surface area is 62.4 Å². The quantitative estimate of drug-likeness (QED) is 0.596. The number of hydrogen-bond donors (Lipinski definition) is 2. The summed E-state index contributed by atoms with van der Waals surface area (Å²) in [5, 5.41) is 6.96. The van der Waals surface area contributed by atoms with Gasteiger partial charge in [-0.15, -0.1) is 0 Å². The van der Waals surface area contributed by atoms with Crippen LogP contribution in [-0.4, -0.2) is 24.7 Å². The summed E-state index contributed by atoms with van der Waals surface area (Å²) in [6.45, 7) is 4.71. The third-order valence-corrected chi connectivity index (χ3v) is 2.70. The first-order valence-corrected chi connectivity index (χ1v) is 4.27. The molecular weight excluding hydrogens is 124 g/mol. The highest BCUT2D eigenvalue weighted by atomic mass is 15.1. The van der Waals surface area contributed by atoms with Crippen molar-refractivity contribution < 1.29 is 0 Å². The summed E-state index contributed by atoms with van der Waals surface area (Å²) >= 11 is 0. The fraction of sp³-hybridized carbons (Fsp3) is 1.00. The van der Waals surface area contributed by atoms with Crippen LogP contribution in [0.1, 0.15) is 26.2 Å². The fourth-order valence-electron chi connectivity index (χ4n) is 1.26. The lowest BCUT2D eigenvalue weighted by Crippen LogP contribution is -2.51. The SMILES string of the molecule is CC1(NCC2CCN2)CC1. The molecule has 1 saturated heterocycles. The predicted octanol–water partition coefficient (Wildman–Crippen LogP) is 0.490. The Morgan fingerprint density at radius 2 is 2.30 bits per heavy atom. The van der Waals surface area contributed by atoms with E-state index in [2.05, 4.69) is 17.6 Å². The molecule has 2 N–H and O–H groups in total. The molecule has 1 aliphatic heterocycles. The molecule has 0 bridgehead atoms. The van der Waals surface area contributed by atoms with Crippen LogP contribution in [0.3, 0.4) is 0 Å². The van der Waals surface area contributed by atoms with Gasteiger partial charge in [-0.05, 0) is 32.7 Å². The molecule has 0 aromatic heterocycles. The lowest BCUT2D eigenvalue weighted by molar-refractivity contribution is 0.337. The van der Waals surface area contributed by atoms with E-state index in [1.54, 1.807) is 0 Å². The van der Waals surface area contributed by atoms with E-state index in [1.807, 2.05) is 0 Å². The normalized spacial score (nSPS) is 35.1. The van der Waals surface area contributed by atoms with Gasteiger partial charge in [0, 0.05) is 18.1 Å².